The summed E-state index contributed by atoms with van der Waals surface area (Å²) < 4.78 is 0. The van der Waals surface area contributed by atoms with E-state index in [1.54, 1.807) is 24.3 Å². The zero-order valence-corrected chi connectivity index (χ0v) is 11.9. The molecule has 1 aromatic rings. The van der Waals surface area contributed by atoms with Gasteiger partial charge in [0.05, 0.1) is 6.61 Å². The van der Waals surface area contributed by atoms with E-state index >= 15 is 0 Å². The molecule has 0 fully saturated rings. The highest BCUT2D eigenvalue weighted by Gasteiger charge is 2.22. The summed E-state index contributed by atoms with van der Waals surface area (Å²) in [5.74, 6) is 0.0677. The molecule has 0 spiro atoms. The van der Waals surface area contributed by atoms with Crippen LogP contribution in [0.15, 0.2) is 24.3 Å². The Morgan fingerprint density at radius 2 is 2.11 bits per heavy atom. The summed E-state index contributed by atoms with van der Waals surface area (Å²) in [4.78, 5) is 14.0. The molecule has 0 heterocycles. The minimum Gasteiger partial charge on any atom is -0.394 e. The molecule has 0 aliphatic rings. The molecule has 0 saturated heterocycles. The number of carbonyl (C=O) groups excluding carboxylic acids is 1. The van der Waals surface area contributed by atoms with E-state index in [0.717, 1.165) is 0 Å². The van der Waals surface area contributed by atoms with Gasteiger partial charge in [0.25, 0.3) is 0 Å². The van der Waals surface area contributed by atoms with Gasteiger partial charge in [-0.05, 0) is 33.0 Å². The topological polar surface area (TPSA) is 40.5 Å². The number of aliphatic hydroxyl groups is 1. The fourth-order valence-corrected chi connectivity index (χ4v) is 1.69. The second-order valence-electron chi connectivity index (χ2n) is 5.08. The van der Waals surface area contributed by atoms with Crippen molar-refractivity contribution < 1.29 is 9.90 Å². The minimum atomic E-state index is -0.311. The van der Waals surface area contributed by atoms with Gasteiger partial charge >= 0.3 is 0 Å². The summed E-state index contributed by atoms with van der Waals surface area (Å²) in [5, 5.41) is 9.81. The molecule has 3 nitrogen and oxygen atoms in total. The van der Waals surface area contributed by atoms with E-state index in [0.29, 0.717) is 23.6 Å². The highest BCUT2D eigenvalue weighted by molar-refractivity contribution is 6.31. The summed E-state index contributed by atoms with van der Waals surface area (Å²) >= 11 is 5.85. The molecule has 0 saturated carbocycles. The lowest BCUT2D eigenvalue weighted by molar-refractivity contribution is 0.0725. The average molecular weight is 270 g/mol. The summed E-state index contributed by atoms with van der Waals surface area (Å²) in [6.45, 7) is 4.56. The Morgan fingerprint density at radius 3 is 2.67 bits per heavy atom. The predicted molar refractivity (Wildman–Crippen MR) is 74.2 cm³/mol. The van der Waals surface area contributed by atoms with Crippen molar-refractivity contribution in [3.63, 3.8) is 0 Å². The van der Waals surface area contributed by atoms with Crippen LogP contribution in [0.4, 0.5) is 0 Å². The van der Waals surface area contributed by atoms with E-state index in [1.165, 1.54) is 0 Å². The van der Waals surface area contributed by atoms with Gasteiger partial charge in [0.15, 0.2) is 5.78 Å². The van der Waals surface area contributed by atoms with Crippen molar-refractivity contribution in [1.82, 2.24) is 4.90 Å². The Hall–Kier alpha value is -0.900. The number of hydrogen-bond donors (Lipinski definition) is 1. The number of Topliss-reactive ketones (excluding diaryl/α,β-unsaturated/α-hetero) is 1. The molecule has 18 heavy (non-hydrogen) atoms. The third-order valence-electron chi connectivity index (χ3n) is 3.24. The molecule has 0 aliphatic carbocycles. The highest BCUT2D eigenvalue weighted by atomic mass is 35.5. The second kappa shape index (κ2) is 6.32. The maximum absolute atomic E-state index is 12.0. The minimum absolute atomic E-state index is 0.0643. The molecular formula is C14H20ClNO2. The smallest absolute Gasteiger partial charge is 0.164 e. The van der Waals surface area contributed by atoms with Crippen LogP contribution >= 0.6 is 11.6 Å². The maximum atomic E-state index is 12.0. The van der Waals surface area contributed by atoms with Gasteiger partial charge < -0.3 is 5.11 Å². The van der Waals surface area contributed by atoms with Crippen LogP contribution in [0, 0.1) is 0 Å². The summed E-state index contributed by atoms with van der Waals surface area (Å²) in [7, 11) is 1.90. The molecule has 4 heteroatoms. The first-order valence-corrected chi connectivity index (χ1v) is 6.35. The van der Waals surface area contributed by atoms with E-state index in [1.807, 2.05) is 25.8 Å². The molecule has 1 aromatic carbocycles. The number of benzene rings is 1. The monoisotopic (exact) mass is 269 g/mol. The molecule has 0 aromatic heterocycles. The lowest BCUT2D eigenvalue weighted by Gasteiger charge is -2.33. The van der Waals surface area contributed by atoms with Gasteiger partial charge in [-0.25, -0.2) is 0 Å². The van der Waals surface area contributed by atoms with E-state index in [9.17, 15) is 9.90 Å². The number of halogens is 1. The molecule has 0 radical (unpaired) electrons. The van der Waals surface area contributed by atoms with Crippen LogP contribution in [-0.2, 0) is 0 Å². The molecule has 1 N–H and O–H groups in total. The molecule has 0 amide bonds. The lowest BCUT2D eigenvalue weighted by atomic mass is 10.0. The van der Waals surface area contributed by atoms with Crippen LogP contribution in [-0.4, -0.2) is 41.5 Å². The maximum Gasteiger partial charge on any atom is 0.164 e. The number of rotatable bonds is 6. The lowest BCUT2D eigenvalue weighted by Crippen LogP contribution is -2.45. The van der Waals surface area contributed by atoms with Crippen LogP contribution in [0.1, 0.15) is 30.6 Å². The van der Waals surface area contributed by atoms with Gasteiger partial charge in [0, 0.05) is 29.1 Å². The van der Waals surface area contributed by atoms with Crippen molar-refractivity contribution in [2.75, 3.05) is 20.2 Å². The van der Waals surface area contributed by atoms with Crippen molar-refractivity contribution in [2.24, 2.45) is 0 Å². The first-order valence-electron chi connectivity index (χ1n) is 5.97. The summed E-state index contributed by atoms with van der Waals surface area (Å²) in [6, 6.07) is 6.97. The Balaban J connectivity index is 2.57. The molecule has 0 bridgehead atoms. The quantitative estimate of drug-likeness (QED) is 0.807. The van der Waals surface area contributed by atoms with Crippen molar-refractivity contribution in [3.05, 3.63) is 34.9 Å². The molecule has 1 rings (SSSR count). The van der Waals surface area contributed by atoms with Crippen LogP contribution in [0.2, 0.25) is 5.02 Å². The number of nitrogens with zero attached hydrogens (tertiary/aromatic N) is 1. The Bertz CT molecular complexity index is 418. The SMILES string of the molecule is CN(CCC(=O)c1cccc(Cl)c1)C(C)(C)CO. The van der Waals surface area contributed by atoms with E-state index < -0.39 is 0 Å². The Labute approximate surface area is 113 Å². The fraction of sp³-hybridized carbons (Fsp3) is 0.500. The first-order chi connectivity index (χ1) is 8.36. The average Bonchev–Trinajstić information content (AvgIpc) is 2.35. The number of ketones is 1. The van der Waals surface area contributed by atoms with Crippen molar-refractivity contribution in [2.45, 2.75) is 25.8 Å². The molecule has 100 valence electrons. The zero-order chi connectivity index (χ0) is 13.8. The van der Waals surface area contributed by atoms with Gasteiger partial charge in [-0.15, -0.1) is 0 Å². The standard InChI is InChI=1S/C14H20ClNO2/c1-14(2,10-17)16(3)8-7-13(18)11-5-4-6-12(15)9-11/h4-6,9,17H,7-8,10H2,1-3H3. The summed E-state index contributed by atoms with van der Waals surface area (Å²) in [6.07, 6.45) is 0.417. The third-order valence-corrected chi connectivity index (χ3v) is 3.48. The fourth-order valence-electron chi connectivity index (χ4n) is 1.50. The van der Waals surface area contributed by atoms with Crippen molar-refractivity contribution in [1.29, 1.82) is 0 Å². The molecular weight excluding hydrogens is 250 g/mol. The van der Waals surface area contributed by atoms with Crippen molar-refractivity contribution >= 4 is 17.4 Å². The van der Waals surface area contributed by atoms with E-state index in [-0.39, 0.29) is 17.9 Å². The number of likely N-dealkylation sites (N-methyl/N-ethyl adjacent to an activating group) is 1. The largest absolute Gasteiger partial charge is 0.394 e. The Morgan fingerprint density at radius 1 is 1.44 bits per heavy atom. The summed E-state index contributed by atoms with van der Waals surface area (Å²) in [5.41, 5.74) is 0.326. The van der Waals surface area contributed by atoms with Crippen molar-refractivity contribution in [3.8, 4) is 0 Å². The third kappa shape index (κ3) is 4.09. The van der Waals surface area contributed by atoms with E-state index in [2.05, 4.69) is 0 Å². The first kappa shape index (κ1) is 15.2. The predicted octanol–water partition coefficient (Wildman–Crippen LogP) is 2.62. The normalized spacial score (nSPS) is 11.9. The van der Waals surface area contributed by atoms with Gasteiger partial charge in [-0.3, -0.25) is 9.69 Å². The molecule has 0 aliphatic heterocycles. The highest BCUT2D eigenvalue weighted by Crippen LogP contribution is 2.15. The second-order valence-corrected chi connectivity index (χ2v) is 5.51. The van der Waals surface area contributed by atoms with Crippen LogP contribution in [0.5, 0.6) is 0 Å². The van der Waals surface area contributed by atoms with Crippen LogP contribution in [0.25, 0.3) is 0 Å². The van der Waals surface area contributed by atoms with Gasteiger partial charge in [0.2, 0.25) is 0 Å². The van der Waals surface area contributed by atoms with E-state index in [4.69, 9.17) is 11.6 Å². The molecule has 0 atom stereocenters. The zero-order valence-electron chi connectivity index (χ0n) is 11.1. The molecule has 0 unspecified atom stereocenters. The van der Waals surface area contributed by atoms with Crippen LogP contribution < -0.4 is 0 Å². The Kier molecular flexibility index (Phi) is 5.32. The van der Waals surface area contributed by atoms with Crippen LogP contribution in [0.3, 0.4) is 0 Å². The van der Waals surface area contributed by atoms with Gasteiger partial charge in [-0.1, -0.05) is 23.7 Å². The number of aliphatic hydroxyl groups excluding tert-OH is 1. The van der Waals surface area contributed by atoms with Gasteiger partial charge in [0.1, 0.15) is 0 Å². The number of hydrogen-bond acceptors (Lipinski definition) is 3. The number of carbonyl (C=O) groups is 1. The van der Waals surface area contributed by atoms with Gasteiger partial charge in [-0.2, -0.15) is 0 Å².